The first-order valence-electron chi connectivity index (χ1n) is 3.83. The van der Waals surface area contributed by atoms with Gasteiger partial charge in [0.1, 0.15) is 11.3 Å². The number of aromatic nitrogens is 3. The van der Waals surface area contributed by atoms with Crippen molar-refractivity contribution >= 4 is 16.7 Å². The van der Waals surface area contributed by atoms with Crippen molar-refractivity contribution < 1.29 is 4.39 Å². The second-order valence-corrected chi connectivity index (χ2v) is 2.85. The minimum Gasteiger partial charge on any atom is -0.250 e. The highest BCUT2D eigenvalue weighted by molar-refractivity contribution is 5.77. The molecule has 2 aromatic rings. The fourth-order valence-corrected chi connectivity index (χ4v) is 1.19. The van der Waals surface area contributed by atoms with E-state index in [0.29, 0.717) is 11.0 Å². The second-order valence-electron chi connectivity index (χ2n) is 2.85. The lowest BCUT2D eigenvalue weighted by Crippen LogP contribution is -1.94. The topological polar surface area (TPSA) is 30.7 Å². The van der Waals surface area contributed by atoms with Crippen LogP contribution in [0, 0.1) is 5.82 Å². The van der Waals surface area contributed by atoms with Crippen molar-refractivity contribution in [3.63, 3.8) is 0 Å². The van der Waals surface area contributed by atoms with Crippen molar-refractivity contribution in [2.45, 2.75) is 6.92 Å². The number of allylic oxidation sites excluding steroid dienone is 1. The molecule has 0 aromatic carbocycles. The molecule has 2 aromatic heterocycles. The van der Waals surface area contributed by atoms with Gasteiger partial charge in [-0.3, -0.25) is 0 Å². The molecule has 2 rings (SSSR count). The van der Waals surface area contributed by atoms with E-state index in [1.54, 1.807) is 17.8 Å². The van der Waals surface area contributed by atoms with E-state index < -0.39 is 0 Å². The quantitative estimate of drug-likeness (QED) is 0.667. The molecule has 13 heavy (non-hydrogen) atoms. The molecule has 2 heterocycles. The Balaban J connectivity index is 2.79. The highest BCUT2D eigenvalue weighted by atomic mass is 19.1. The van der Waals surface area contributed by atoms with E-state index in [2.05, 4.69) is 16.7 Å². The second kappa shape index (κ2) is 2.65. The molecule has 0 amide bonds. The minimum absolute atomic E-state index is 0.365. The third kappa shape index (κ3) is 1.20. The van der Waals surface area contributed by atoms with Gasteiger partial charge in [0.15, 0.2) is 0 Å². The van der Waals surface area contributed by atoms with Gasteiger partial charge in [-0.25, -0.2) is 14.1 Å². The number of nitrogens with zero attached hydrogens (tertiary/aromatic N) is 3. The Morgan fingerprint density at radius 2 is 2.31 bits per heavy atom. The first kappa shape index (κ1) is 7.91. The van der Waals surface area contributed by atoms with Crippen LogP contribution in [-0.2, 0) is 0 Å². The van der Waals surface area contributed by atoms with Crippen molar-refractivity contribution in [2.24, 2.45) is 0 Å². The van der Waals surface area contributed by atoms with Crippen LogP contribution < -0.4 is 0 Å². The van der Waals surface area contributed by atoms with Gasteiger partial charge in [-0.15, -0.1) is 0 Å². The van der Waals surface area contributed by atoms with Crippen LogP contribution in [0.5, 0.6) is 0 Å². The van der Waals surface area contributed by atoms with Crippen molar-refractivity contribution in [1.29, 1.82) is 0 Å². The average molecular weight is 177 g/mol. The summed E-state index contributed by atoms with van der Waals surface area (Å²) in [6.07, 6.45) is 2.76. The van der Waals surface area contributed by atoms with E-state index in [1.807, 2.05) is 0 Å². The first-order chi connectivity index (χ1) is 6.18. The number of halogens is 1. The molecule has 0 unspecified atom stereocenters. The molecule has 0 aliphatic heterocycles. The third-order valence-electron chi connectivity index (χ3n) is 1.75. The van der Waals surface area contributed by atoms with E-state index in [1.165, 1.54) is 12.3 Å². The Labute approximate surface area is 74.5 Å². The number of hydrogen-bond donors (Lipinski definition) is 0. The van der Waals surface area contributed by atoms with Crippen LogP contribution in [0.2, 0.25) is 0 Å². The standard InChI is InChI=1S/C9H8FN3/c1-6(2)13-9-3-7(10)4-11-8(9)5-12-13/h3-5H,1H2,2H3. The molecule has 0 atom stereocenters. The molecule has 0 saturated carbocycles. The van der Waals surface area contributed by atoms with E-state index in [-0.39, 0.29) is 5.82 Å². The molecular formula is C9H8FN3. The summed E-state index contributed by atoms with van der Waals surface area (Å²) < 4.78 is 14.4. The lowest BCUT2D eigenvalue weighted by molar-refractivity contribution is 0.623. The van der Waals surface area contributed by atoms with Gasteiger partial charge in [0.25, 0.3) is 0 Å². The largest absolute Gasteiger partial charge is 0.250 e. The highest BCUT2D eigenvalue weighted by Gasteiger charge is 2.04. The molecule has 0 spiro atoms. The number of pyridine rings is 1. The summed E-state index contributed by atoms with van der Waals surface area (Å²) >= 11 is 0. The summed E-state index contributed by atoms with van der Waals surface area (Å²) in [5.74, 6) is -0.365. The Hall–Kier alpha value is -1.71. The van der Waals surface area contributed by atoms with Gasteiger partial charge in [-0.05, 0) is 6.92 Å². The maximum Gasteiger partial charge on any atom is 0.143 e. The maximum absolute atomic E-state index is 12.8. The highest BCUT2D eigenvalue weighted by Crippen LogP contribution is 2.14. The molecule has 3 nitrogen and oxygen atoms in total. The smallest absolute Gasteiger partial charge is 0.143 e. The minimum atomic E-state index is -0.365. The van der Waals surface area contributed by atoms with Crippen molar-refractivity contribution in [1.82, 2.24) is 14.8 Å². The number of hydrogen-bond acceptors (Lipinski definition) is 2. The predicted octanol–water partition coefficient (Wildman–Crippen LogP) is 2.06. The predicted molar refractivity (Wildman–Crippen MR) is 48.5 cm³/mol. The summed E-state index contributed by atoms with van der Waals surface area (Å²) in [4.78, 5) is 3.88. The summed E-state index contributed by atoms with van der Waals surface area (Å²) in [5.41, 5.74) is 2.05. The molecule has 0 bridgehead atoms. The van der Waals surface area contributed by atoms with Crippen LogP contribution in [-0.4, -0.2) is 14.8 Å². The average Bonchev–Trinajstić information content (AvgIpc) is 2.46. The zero-order valence-electron chi connectivity index (χ0n) is 7.16. The van der Waals surface area contributed by atoms with Gasteiger partial charge in [0, 0.05) is 11.8 Å². The Kier molecular flexibility index (Phi) is 1.62. The van der Waals surface area contributed by atoms with Gasteiger partial charge in [-0.2, -0.15) is 5.10 Å². The zero-order valence-corrected chi connectivity index (χ0v) is 7.16. The van der Waals surface area contributed by atoms with Gasteiger partial charge < -0.3 is 0 Å². The molecule has 0 saturated heterocycles. The number of fused-ring (bicyclic) bond motifs is 1. The van der Waals surface area contributed by atoms with Crippen LogP contribution in [0.1, 0.15) is 6.92 Å². The summed E-state index contributed by atoms with van der Waals surface area (Å²) in [6, 6.07) is 1.39. The molecule has 4 heteroatoms. The SMILES string of the molecule is C=C(C)n1ncc2ncc(F)cc21. The zero-order chi connectivity index (χ0) is 9.42. The van der Waals surface area contributed by atoms with Crippen LogP contribution in [0.15, 0.2) is 25.0 Å². The first-order valence-corrected chi connectivity index (χ1v) is 3.83. The maximum atomic E-state index is 12.8. The van der Waals surface area contributed by atoms with Crippen LogP contribution in [0.4, 0.5) is 4.39 Å². The monoisotopic (exact) mass is 177 g/mol. The normalized spacial score (nSPS) is 10.6. The molecular weight excluding hydrogens is 169 g/mol. The molecule has 66 valence electrons. The molecule has 0 aliphatic carbocycles. The summed E-state index contributed by atoms with van der Waals surface area (Å²) in [7, 11) is 0. The van der Waals surface area contributed by atoms with E-state index >= 15 is 0 Å². The van der Waals surface area contributed by atoms with Gasteiger partial charge in [0.2, 0.25) is 0 Å². The van der Waals surface area contributed by atoms with E-state index in [4.69, 9.17) is 0 Å². The number of rotatable bonds is 1. The van der Waals surface area contributed by atoms with Crippen LogP contribution in [0.25, 0.3) is 16.7 Å². The molecule has 0 N–H and O–H groups in total. The summed E-state index contributed by atoms with van der Waals surface area (Å²) in [6.45, 7) is 5.53. The molecule has 0 aliphatic rings. The Morgan fingerprint density at radius 3 is 3.00 bits per heavy atom. The summed E-state index contributed by atoms with van der Waals surface area (Å²) in [5, 5.41) is 4.02. The molecule has 0 radical (unpaired) electrons. The van der Waals surface area contributed by atoms with E-state index in [0.717, 1.165) is 5.70 Å². The lowest BCUT2D eigenvalue weighted by atomic mass is 10.4. The van der Waals surface area contributed by atoms with Gasteiger partial charge >= 0.3 is 0 Å². The molecule has 0 fully saturated rings. The van der Waals surface area contributed by atoms with Crippen molar-refractivity contribution in [3.8, 4) is 0 Å². The van der Waals surface area contributed by atoms with Crippen molar-refractivity contribution in [3.05, 3.63) is 30.9 Å². The van der Waals surface area contributed by atoms with Crippen LogP contribution in [0.3, 0.4) is 0 Å². The lowest BCUT2D eigenvalue weighted by Gasteiger charge is -1.99. The fraction of sp³-hybridized carbons (Fsp3) is 0.111. The Bertz CT molecular complexity index is 473. The van der Waals surface area contributed by atoms with Crippen LogP contribution >= 0.6 is 0 Å². The Morgan fingerprint density at radius 1 is 1.54 bits per heavy atom. The van der Waals surface area contributed by atoms with E-state index in [9.17, 15) is 4.39 Å². The van der Waals surface area contributed by atoms with Gasteiger partial charge in [0.05, 0.1) is 17.9 Å². The fourth-order valence-electron chi connectivity index (χ4n) is 1.19. The van der Waals surface area contributed by atoms with Crippen molar-refractivity contribution in [2.75, 3.05) is 0 Å². The third-order valence-corrected chi connectivity index (χ3v) is 1.75. The van der Waals surface area contributed by atoms with Gasteiger partial charge in [-0.1, -0.05) is 6.58 Å².